The first kappa shape index (κ1) is 40.5. The van der Waals surface area contributed by atoms with Gasteiger partial charge in [-0.25, -0.2) is 9.97 Å². The molecule has 0 amide bonds. The number of nitrogens with one attached hydrogen (secondary N) is 2. The van der Waals surface area contributed by atoms with Gasteiger partial charge in [-0.3, -0.25) is 4.79 Å². The Bertz CT molecular complexity index is 1030. The fourth-order valence-electron chi connectivity index (χ4n) is 9.50. The molecule has 1 aromatic heterocycles. The minimum Gasteiger partial charge on any atom is -1.00 e. The molecule has 6 saturated heterocycles. The number of piperazine rings is 4. The maximum Gasteiger partial charge on any atom is 0.157 e. The summed E-state index contributed by atoms with van der Waals surface area (Å²) >= 11 is 0. The molecule has 0 aromatic carbocycles. The molecule has 0 bridgehead atoms. The molecule has 11 nitrogen and oxygen atoms in total. The predicted molar refractivity (Wildman–Crippen MR) is 166 cm³/mol. The predicted octanol–water partition coefficient (Wildman–Crippen LogP) is -12.8. The smallest absolute Gasteiger partial charge is 0.157 e. The van der Waals surface area contributed by atoms with E-state index in [4.69, 9.17) is 9.97 Å². The zero-order chi connectivity index (χ0) is 28.5. The highest BCUT2D eigenvalue weighted by molar-refractivity contribution is 5.90. The van der Waals surface area contributed by atoms with Crippen molar-refractivity contribution in [3.05, 3.63) is 11.9 Å². The molecule has 0 unspecified atom stereocenters. The van der Waals surface area contributed by atoms with Crippen LogP contribution in [0.25, 0.3) is 0 Å². The van der Waals surface area contributed by atoms with Crippen LogP contribution in [0, 0.1) is 0 Å². The van der Waals surface area contributed by atoms with E-state index in [0.717, 1.165) is 70.3 Å². The van der Waals surface area contributed by atoms with E-state index in [1.165, 1.54) is 135 Å². The van der Waals surface area contributed by atoms with Crippen molar-refractivity contribution in [2.75, 3.05) is 167 Å². The standard InChI is InChI=1S/C31H56N10O.4BrH/c42-27-29-30(36-7-19-40(20-8-36)13-1-11-38(23-25-40)15-3-32-4-16-38)34-28-35-31(29)37-9-21-41(22-10-37)14-2-12-39(24-26-41)17-5-33-6-18-39;;;;/h27-28,32-33H,1-26H2;4*1H/q+4;;;;/p-4. The van der Waals surface area contributed by atoms with Gasteiger partial charge in [0.1, 0.15) is 44.1 Å². The van der Waals surface area contributed by atoms with Crippen molar-refractivity contribution in [1.82, 2.24) is 20.6 Å². The van der Waals surface area contributed by atoms with Gasteiger partial charge < -0.3 is 106 Å². The van der Waals surface area contributed by atoms with Crippen molar-refractivity contribution in [2.24, 2.45) is 0 Å². The Kier molecular flexibility index (Phi) is 15.2. The summed E-state index contributed by atoms with van der Waals surface area (Å²) in [6.45, 7) is 29.0. The number of carbonyl (C=O) groups is 1. The highest BCUT2D eigenvalue weighted by atomic mass is 79.9. The van der Waals surface area contributed by atoms with E-state index in [0.29, 0.717) is 5.56 Å². The zero-order valence-electron chi connectivity index (χ0n) is 27.5. The number of hydrogen-bond donors (Lipinski definition) is 2. The molecule has 6 fully saturated rings. The molecule has 6 aliphatic rings. The van der Waals surface area contributed by atoms with Crippen LogP contribution < -0.4 is 88.4 Å². The van der Waals surface area contributed by atoms with E-state index in [2.05, 4.69) is 20.4 Å². The third-order valence-electron chi connectivity index (χ3n) is 12.6. The number of aldehydes is 1. The van der Waals surface area contributed by atoms with Crippen LogP contribution in [0.2, 0.25) is 0 Å². The quantitative estimate of drug-likeness (QED) is 0.231. The topological polar surface area (TPSA) is 73.4 Å². The lowest BCUT2D eigenvalue weighted by Crippen LogP contribution is -3.00. The van der Waals surface area contributed by atoms with Gasteiger partial charge in [0, 0.05) is 39.0 Å². The lowest BCUT2D eigenvalue weighted by atomic mass is 10.1. The highest BCUT2D eigenvalue weighted by Gasteiger charge is 2.43. The Morgan fingerprint density at radius 2 is 0.826 bits per heavy atom. The number of nitrogens with zero attached hydrogens (tertiary/aromatic N) is 8. The molecule has 6 aliphatic heterocycles. The fraction of sp³-hybridized carbons (Fsp3) is 0.839. The lowest BCUT2D eigenvalue weighted by molar-refractivity contribution is -0.964. The first-order chi connectivity index (χ1) is 20.6. The monoisotopic (exact) mass is 900 g/mol. The minimum absolute atomic E-state index is 0. The van der Waals surface area contributed by atoms with Crippen LogP contribution in [0.5, 0.6) is 0 Å². The molecule has 0 atom stereocenters. The highest BCUT2D eigenvalue weighted by Crippen LogP contribution is 2.30. The molecule has 2 N–H and O–H groups in total. The maximum absolute atomic E-state index is 12.6. The molecule has 0 aliphatic carbocycles. The van der Waals surface area contributed by atoms with Gasteiger partial charge in [0.2, 0.25) is 0 Å². The van der Waals surface area contributed by atoms with Crippen LogP contribution in [0.4, 0.5) is 11.6 Å². The van der Waals surface area contributed by atoms with Crippen LogP contribution in [-0.2, 0) is 0 Å². The third-order valence-corrected chi connectivity index (χ3v) is 12.6. The molecule has 0 saturated carbocycles. The van der Waals surface area contributed by atoms with Gasteiger partial charge in [0.15, 0.2) is 6.29 Å². The summed E-state index contributed by atoms with van der Waals surface area (Å²) in [5, 5.41) is 7.13. The zero-order valence-corrected chi connectivity index (χ0v) is 33.9. The first-order valence-electron chi connectivity index (χ1n) is 17.2. The van der Waals surface area contributed by atoms with E-state index in [1.807, 2.05) is 0 Å². The summed E-state index contributed by atoms with van der Waals surface area (Å²) in [7, 11) is 0. The molecule has 1 aromatic rings. The number of halogens is 4. The van der Waals surface area contributed by atoms with Crippen molar-refractivity contribution in [1.29, 1.82) is 0 Å². The van der Waals surface area contributed by atoms with Gasteiger partial charge in [-0.05, 0) is 0 Å². The second kappa shape index (κ2) is 17.3. The summed E-state index contributed by atoms with van der Waals surface area (Å²) in [5.41, 5.74) is 0.710. The van der Waals surface area contributed by atoms with Crippen LogP contribution >= 0.6 is 0 Å². The number of quaternary nitrogens is 4. The minimum atomic E-state index is 0. The molecule has 264 valence electrons. The van der Waals surface area contributed by atoms with Crippen molar-refractivity contribution in [3.63, 3.8) is 0 Å². The fourth-order valence-corrected chi connectivity index (χ4v) is 9.50. The van der Waals surface area contributed by atoms with Crippen LogP contribution in [0.3, 0.4) is 0 Å². The van der Waals surface area contributed by atoms with Gasteiger partial charge in [0.25, 0.3) is 0 Å². The summed E-state index contributed by atoms with van der Waals surface area (Å²) < 4.78 is 5.16. The molecule has 0 radical (unpaired) electrons. The molecular weight excluding hydrogens is 848 g/mol. The van der Waals surface area contributed by atoms with Crippen molar-refractivity contribution < 1.29 is 90.7 Å². The largest absolute Gasteiger partial charge is 1.00 e. The van der Waals surface area contributed by atoms with E-state index in [1.54, 1.807) is 6.33 Å². The molecule has 4 spiro atoms. The maximum atomic E-state index is 12.6. The van der Waals surface area contributed by atoms with E-state index >= 15 is 0 Å². The van der Waals surface area contributed by atoms with Crippen molar-refractivity contribution in [3.8, 4) is 0 Å². The molecule has 7 rings (SSSR count). The average molecular weight is 904 g/mol. The average Bonchev–Trinajstić information content (AvgIpc) is 3.31. The van der Waals surface area contributed by atoms with Gasteiger partial charge in [-0.1, -0.05) is 0 Å². The number of aromatic nitrogens is 2. The summed E-state index contributed by atoms with van der Waals surface area (Å²) in [5.74, 6) is 1.73. The Hall–Kier alpha value is 0.0300. The van der Waals surface area contributed by atoms with Crippen LogP contribution in [0.1, 0.15) is 23.2 Å². The van der Waals surface area contributed by atoms with Gasteiger partial charge in [-0.2, -0.15) is 0 Å². The summed E-state index contributed by atoms with van der Waals surface area (Å²) in [6.07, 6.45) is 5.42. The second-order valence-electron chi connectivity index (χ2n) is 14.7. The van der Waals surface area contributed by atoms with Crippen molar-refractivity contribution in [2.45, 2.75) is 12.8 Å². The van der Waals surface area contributed by atoms with Crippen molar-refractivity contribution >= 4 is 17.9 Å². The Morgan fingerprint density at radius 3 is 1.15 bits per heavy atom. The first-order valence-corrected chi connectivity index (χ1v) is 17.2. The number of anilines is 2. The van der Waals surface area contributed by atoms with Crippen LogP contribution in [-0.4, -0.2) is 191 Å². The Balaban J connectivity index is 0.00000144. The Labute approximate surface area is 318 Å². The van der Waals surface area contributed by atoms with E-state index < -0.39 is 0 Å². The van der Waals surface area contributed by atoms with E-state index in [9.17, 15) is 4.79 Å². The van der Waals surface area contributed by atoms with Gasteiger partial charge >= 0.3 is 0 Å². The molecule has 7 heterocycles. The molecule has 15 heteroatoms. The summed E-state index contributed by atoms with van der Waals surface area (Å²) in [4.78, 5) is 26.8. The number of hydrogen-bond acceptors (Lipinski definition) is 7. The third kappa shape index (κ3) is 8.48. The summed E-state index contributed by atoms with van der Waals surface area (Å²) in [6, 6.07) is 0. The SMILES string of the molecule is O=Cc1c(N2CC[N+]3(CCC[N+]4(CCNCC4)CC3)CC2)ncnc1N1CC[N+]2(CCC[N+]3(CCNCC3)CC2)CC1.[Br-].[Br-].[Br-].[Br-]. The normalized spacial score (nSPS) is 26.4. The second-order valence-corrected chi connectivity index (χ2v) is 14.7. The van der Waals surface area contributed by atoms with Gasteiger partial charge in [0.05, 0.1) is 110 Å². The van der Waals surface area contributed by atoms with Crippen LogP contribution in [0.15, 0.2) is 6.33 Å². The van der Waals surface area contributed by atoms with Gasteiger partial charge in [-0.15, -0.1) is 0 Å². The molecule has 46 heavy (non-hydrogen) atoms. The number of rotatable bonds is 3. The lowest BCUT2D eigenvalue weighted by Gasteiger charge is -2.46. The molecular formula is C31H56Br4N10O. The van der Waals surface area contributed by atoms with E-state index in [-0.39, 0.29) is 67.9 Å². The number of carbonyl (C=O) groups excluding carboxylic acids is 1. The Morgan fingerprint density at radius 1 is 0.500 bits per heavy atom.